The minimum Gasteiger partial charge on any atom is -0.494 e. The normalized spacial score (nSPS) is 14.8. The van der Waals surface area contributed by atoms with E-state index < -0.39 is 5.91 Å². The number of nitriles is 1. The maximum Gasteiger partial charge on any atom is 0.271 e. The summed E-state index contributed by atoms with van der Waals surface area (Å²) in [5.41, 5.74) is 4.87. The maximum atomic E-state index is 13.6. The molecule has 2 aromatic carbocycles. The molecule has 38 heavy (non-hydrogen) atoms. The number of nitrogens with zero attached hydrogens (tertiary/aromatic N) is 4. The molecule has 3 aromatic rings. The van der Waals surface area contributed by atoms with Crippen LogP contribution in [0, 0.1) is 18.3 Å². The largest absolute Gasteiger partial charge is 0.494 e. The van der Waals surface area contributed by atoms with Gasteiger partial charge in [-0.25, -0.2) is 4.68 Å². The van der Waals surface area contributed by atoms with Crippen molar-refractivity contribution in [2.24, 2.45) is 0 Å². The van der Waals surface area contributed by atoms with Crippen LogP contribution in [0.5, 0.6) is 5.75 Å². The molecule has 0 saturated heterocycles. The van der Waals surface area contributed by atoms with Crippen LogP contribution in [0.2, 0.25) is 0 Å². The topological polar surface area (TPSA) is 88.2 Å². The Hall–Kier alpha value is -4.44. The third-order valence-electron chi connectivity index (χ3n) is 6.64. The van der Waals surface area contributed by atoms with Crippen LogP contribution in [0.3, 0.4) is 0 Å². The van der Waals surface area contributed by atoms with Gasteiger partial charge in [0.15, 0.2) is 0 Å². The zero-order chi connectivity index (χ0) is 27.2. The Morgan fingerprint density at radius 1 is 1.03 bits per heavy atom. The summed E-state index contributed by atoms with van der Waals surface area (Å²) in [5, 5.41) is 14.7. The molecule has 0 unspecified atom stereocenters. The first-order valence-electron chi connectivity index (χ1n) is 13.0. The fourth-order valence-electron chi connectivity index (χ4n) is 4.58. The van der Waals surface area contributed by atoms with E-state index in [0.29, 0.717) is 35.4 Å². The van der Waals surface area contributed by atoms with E-state index >= 15 is 0 Å². The van der Waals surface area contributed by atoms with Gasteiger partial charge in [0.05, 0.1) is 12.3 Å². The molecule has 1 aromatic heterocycles. The molecule has 0 N–H and O–H groups in total. The Kier molecular flexibility index (Phi) is 8.22. The average molecular weight is 509 g/mol. The molecule has 0 saturated carbocycles. The molecule has 2 heterocycles. The first kappa shape index (κ1) is 26.6. The number of carbonyl (C=O) groups is 2. The SMILES string of the molecule is CCCCCN1C(=O)C(=Cc2cn(-c3ccccc3)nc2-c2ccc(OCC)cc2C)C(C)=C(C#N)C1=O. The lowest BCUT2D eigenvalue weighted by Gasteiger charge is -2.27. The summed E-state index contributed by atoms with van der Waals surface area (Å²) in [6.45, 7) is 8.52. The van der Waals surface area contributed by atoms with Gasteiger partial charge in [0.2, 0.25) is 0 Å². The van der Waals surface area contributed by atoms with Crippen LogP contribution in [0.1, 0.15) is 51.2 Å². The Morgan fingerprint density at radius 3 is 2.45 bits per heavy atom. The fraction of sp³-hybridized carbons (Fsp3) is 0.290. The highest BCUT2D eigenvalue weighted by molar-refractivity contribution is 6.19. The number of ether oxygens (including phenoxy) is 1. The smallest absolute Gasteiger partial charge is 0.271 e. The van der Waals surface area contributed by atoms with Crippen LogP contribution in [0.25, 0.3) is 23.0 Å². The van der Waals surface area contributed by atoms with E-state index in [1.807, 2.05) is 74.6 Å². The van der Waals surface area contributed by atoms with E-state index in [4.69, 9.17) is 9.84 Å². The summed E-state index contributed by atoms with van der Waals surface area (Å²) >= 11 is 0. The number of carbonyl (C=O) groups excluding carboxylic acids is 2. The van der Waals surface area contributed by atoms with E-state index in [9.17, 15) is 14.9 Å². The van der Waals surface area contributed by atoms with Crippen LogP contribution in [-0.4, -0.2) is 39.6 Å². The van der Waals surface area contributed by atoms with E-state index in [0.717, 1.165) is 35.4 Å². The number of hydrogen-bond acceptors (Lipinski definition) is 5. The van der Waals surface area contributed by atoms with E-state index in [1.165, 1.54) is 4.90 Å². The van der Waals surface area contributed by atoms with Crippen molar-refractivity contribution in [1.82, 2.24) is 14.7 Å². The molecule has 0 fully saturated rings. The summed E-state index contributed by atoms with van der Waals surface area (Å²) in [6.07, 6.45) is 6.18. The predicted molar refractivity (Wildman–Crippen MR) is 147 cm³/mol. The lowest BCUT2D eigenvalue weighted by atomic mass is 9.92. The summed E-state index contributed by atoms with van der Waals surface area (Å²) in [7, 11) is 0. The third-order valence-corrected chi connectivity index (χ3v) is 6.64. The van der Waals surface area contributed by atoms with Gasteiger partial charge in [-0.1, -0.05) is 38.0 Å². The van der Waals surface area contributed by atoms with Crippen LogP contribution in [0.15, 0.2) is 71.4 Å². The Bertz CT molecular complexity index is 1460. The number of rotatable bonds is 9. The van der Waals surface area contributed by atoms with Gasteiger partial charge in [0.1, 0.15) is 23.1 Å². The second kappa shape index (κ2) is 11.7. The quantitative estimate of drug-likeness (QED) is 0.200. The number of imide groups is 1. The van der Waals surface area contributed by atoms with Crippen LogP contribution >= 0.6 is 0 Å². The number of benzene rings is 2. The maximum absolute atomic E-state index is 13.6. The standard InChI is InChI=1S/C31H32N4O3/c1-5-7-11-16-34-30(36)27(22(4)28(19-32)31(34)37)18-23-20-35(24-12-9-8-10-13-24)33-29(23)26-15-14-25(38-6-2)17-21(26)3/h8-10,12-15,17-18,20H,5-7,11,16H2,1-4H3. The van der Waals surface area contributed by atoms with Gasteiger partial charge in [0.25, 0.3) is 11.8 Å². The van der Waals surface area contributed by atoms with Crippen molar-refractivity contribution < 1.29 is 14.3 Å². The first-order valence-corrected chi connectivity index (χ1v) is 13.0. The van der Waals surface area contributed by atoms with E-state index in [1.54, 1.807) is 17.7 Å². The molecule has 7 heteroatoms. The Labute approximate surface area is 223 Å². The molecule has 2 amide bonds. The van der Waals surface area contributed by atoms with Gasteiger partial charge >= 0.3 is 0 Å². The van der Waals surface area contributed by atoms with Crippen molar-refractivity contribution >= 4 is 17.9 Å². The van der Waals surface area contributed by atoms with Crippen molar-refractivity contribution in [3.05, 3.63) is 82.6 Å². The van der Waals surface area contributed by atoms with Crippen molar-refractivity contribution in [3.8, 4) is 28.8 Å². The Balaban J connectivity index is 1.88. The van der Waals surface area contributed by atoms with Gasteiger partial charge < -0.3 is 4.74 Å². The number of aryl methyl sites for hydroxylation is 1. The summed E-state index contributed by atoms with van der Waals surface area (Å²) in [6, 6.07) is 17.6. The molecular formula is C31H32N4O3. The highest BCUT2D eigenvalue weighted by Gasteiger charge is 2.35. The zero-order valence-corrected chi connectivity index (χ0v) is 22.3. The summed E-state index contributed by atoms with van der Waals surface area (Å²) < 4.78 is 7.44. The minimum atomic E-state index is -0.522. The molecule has 7 nitrogen and oxygen atoms in total. The summed E-state index contributed by atoms with van der Waals surface area (Å²) in [4.78, 5) is 27.7. The lowest BCUT2D eigenvalue weighted by Crippen LogP contribution is -2.43. The average Bonchev–Trinajstić information content (AvgIpc) is 3.33. The summed E-state index contributed by atoms with van der Waals surface area (Å²) in [5.74, 6) is -0.132. The number of hydrogen-bond donors (Lipinski definition) is 0. The van der Waals surface area contributed by atoms with Crippen LogP contribution in [-0.2, 0) is 9.59 Å². The molecule has 1 aliphatic rings. The van der Waals surface area contributed by atoms with Crippen molar-refractivity contribution in [2.45, 2.75) is 47.0 Å². The zero-order valence-electron chi connectivity index (χ0n) is 22.3. The van der Waals surface area contributed by atoms with Gasteiger partial charge in [-0.05, 0) is 74.7 Å². The van der Waals surface area contributed by atoms with Crippen LogP contribution < -0.4 is 4.74 Å². The molecule has 0 aliphatic carbocycles. The highest BCUT2D eigenvalue weighted by atomic mass is 16.5. The molecule has 0 bridgehead atoms. The molecular weight excluding hydrogens is 476 g/mol. The second-order valence-corrected chi connectivity index (χ2v) is 9.26. The van der Waals surface area contributed by atoms with E-state index in [-0.39, 0.29) is 18.0 Å². The molecule has 0 radical (unpaired) electrons. The number of amides is 2. The Morgan fingerprint density at radius 2 is 1.79 bits per heavy atom. The lowest BCUT2D eigenvalue weighted by molar-refractivity contribution is -0.140. The molecule has 4 rings (SSSR count). The molecule has 1 aliphatic heterocycles. The fourth-order valence-corrected chi connectivity index (χ4v) is 4.58. The van der Waals surface area contributed by atoms with E-state index in [2.05, 4.69) is 6.92 Å². The molecule has 0 atom stereocenters. The monoisotopic (exact) mass is 508 g/mol. The second-order valence-electron chi connectivity index (χ2n) is 9.26. The number of para-hydroxylation sites is 1. The number of unbranched alkanes of at least 4 members (excludes halogenated alkanes) is 2. The van der Waals surface area contributed by atoms with Crippen molar-refractivity contribution in [1.29, 1.82) is 5.26 Å². The first-order chi connectivity index (χ1) is 18.4. The molecule has 194 valence electrons. The van der Waals surface area contributed by atoms with Gasteiger partial charge in [0, 0.05) is 29.4 Å². The molecule has 0 spiro atoms. The van der Waals surface area contributed by atoms with Crippen molar-refractivity contribution in [3.63, 3.8) is 0 Å². The highest BCUT2D eigenvalue weighted by Crippen LogP contribution is 2.33. The van der Waals surface area contributed by atoms with Crippen LogP contribution in [0.4, 0.5) is 0 Å². The van der Waals surface area contributed by atoms with Gasteiger partial charge in [-0.3, -0.25) is 14.5 Å². The van der Waals surface area contributed by atoms with Gasteiger partial charge in [-0.2, -0.15) is 10.4 Å². The minimum absolute atomic E-state index is 0.00148. The predicted octanol–water partition coefficient (Wildman–Crippen LogP) is 6.03. The number of aromatic nitrogens is 2. The van der Waals surface area contributed by atoms with Crippen molar-refractivity contribution in [2.75, 3.05) is 13.2 Å². The van der Waals surface area contributed by atoms with Gasteiger partial charge in [-0.15, -0.1) is 0 Å². The third kappa shape index (κ3) is 5.30.